The van der Waals surface area contributed by atoms with Crippen LogP contribution in [0.2, 0.25) is 0 Å². The third-order valence-electron chi connectivity index (χ3n) is 3.22. The highest BCUT2D eigenvalue weighted by Crippen LogP contribution is 2.42. The summed E-state index contributed by atoms with van der Waals surface area (Å²) in [6, 6.07) is -0.250. The molecule has 1 fully saturated rings. The molecule has 2 rings (SSSR count). The normalized spacial score (nSPS) is 20.3. The van der Waals surface area contributed by atoms with Crippen molar-refractivity contribution >= 4 is 0 Å². The van der Waals surface area contributed by atoms with E-state index in [4.69, 9.17) is 15.0 Å². The van der Waals surface area contributed by atoms with Crippen molar-refractivity contribution in [1.29, 1.82) is 0 Å². The average Bonchev–Trinajstić information content (AvgIpc) is 2.95. The van der Waals surface area contributed by atoms with E-state index in [0.717, 1.165) is 0 Å². The minimum Gasteiger partial charge on any atom is -0.373 e. The van der Waals surface area contributed by atoms with Gasteiger partial charge in [0, 0.05) is 7.11 Å². The quantitative estimate of drug-likeness (QED) is 0.872. The van der Waals surface area contributed by atoms with Crippen LogP contribution in [0.1, 0.15) is 57.5 Å². The summed E-state index contributed by atoms with van der Waals surface area (Å²) >= 11 is 0. The van der Waals surface area contributed by atoms with Crippen molar-refractivity contribution in [3.05, 3.63) is 11.7 Å². The van der Waals surface area contributed by atoms with Crippen molar-refractivity contribution in [3.8, 4) is 0 Å². The molecule has 2 atom stereocenters. The fraction of sp³-hybridized carbons (Fsp3) is 0.833. The molecule has 2 N–H and O–H groups in total. The van der Waals surface area contributed by atoms with E-state index in [-0.39, 0.29) is 17.6 Å². The molecule has 0 aliphatic heterocycles. The Kier molecular flexibility index (Phi) is 3.23. The van der Waals surface area contributed by atoms with Crippen LogP contribution in [0.25, 0.3) is 0 Å². The summed E-state index contributed by atoms with van der Waals surface area (Å²) in [6.07, 6.45) is 2.31. The van der Waals surface area contributed by atoms with Crippen LogP contribution < -0.4 is 5.73 Å². The topological polar surface area (TPSA) is 74.2 Å². The van der Waals surface area contributed by atoms with Crippen molar-refractivity contribution in [2.75, 3.05) is 7.11 Å². The molecule has 0 spiro atoms. The molecule has 17 heavy (non-hydrogen) atoms. The number of nitrogens with zero attached hydrogens (tertiary/aromatic N) is 2. The van der Waals surface area contributed by atoms with Crippen LogP contribution in [0.5, 0.6) is 0 Å². The molecular weight excluding hydrogens is 218 g/mol. The summed E-state index contributed by atoms with van der Waals surface area (Å²) in [5, 5.41) is 3.99. The molecule has 0 radical (unpaired) electrons. The van der Waals surface area contributed by atoms with Crippen LogP contribution in [0, 0.1) is 11.3 Å². The van der Waals surface area contributed by atoms with Gasteiger partial charge in [-0.3, -0.25) is 0 Å². The van der Waals surface area contributed by atoms with Crippen LogP contribution in [0.4, 0.5) is 0 Å². The van der Waals surface area contributed by atoms with E-state index in [1.807, 2.05) is 0 Å². The van der Waals surface area contributed by atoms with Gasteiger partial charge in [0.15, 0.2) is 0 Å². The molecule has 1 heterocycles. The Labute approximate surface area is 102 Å². The molecule has 0 amide bonds. The molecular formula is C12H21N3O2. The first-order valence-electron chi connectivity index (χ1n) is 6.05. The van der Waals surface area contributed by atoms with E-state index in [1.165, 1.54) is 12.8 Å². The highest BCUT2D eigenvalue weighted by Gasteiger charge is 2.36. The minimum absolute atomic E-state index is 0.0420. The SMILES string of the molecule is COC(c1noc([C@H](N)C(C)(C)C)n1)C1CC1. The van der Waals surface area contributed by atoms with E-state index < -0.39 is 0 Å². The molecule has 1 aromatic heterocycles. The van der Waals surface area contributed by atoms with E-state index in [2.05, 4.69) is 30.9 Å². The van der Waals surface area contributed by atoms with Gasteiger partial charge in [0.05, 0.1) is 6.04 Å². The van der Waals surface area contributed by atoms with Crippen LogP contribution >= 0.6 is 0 Å². The predicted octanol–water partition coefficient (Wildman–Crippen LogP) is 2.21. The number of hydrogen-bond donors (Lipinski definition) is 1. The van der Waals surface area contributed by atoms with Crippen LogP contribution in [-0.2, 0) is 4.74 Å². The highest BCUT2D eigenvalue weighted by molar-refractivity contribution is 5.02. The second kappa shape index (κ2) is 4.38. The standard InChI is InChI=1S/C12H21N3O2/c1-12(2,3)9(13)11-14-10(15-17-11)8(16-4)7-5-6-7/h7-9H,5-6,13H2,1-4H3/t8?,9-/m0/s1. The highest BCUT2D eigenvalue weighted by atomic mass is 16.5. The largest absolute Gasteiger partial charge is 0.373 e. The summed E-state index contributed by atoms with van der Waals surface area (Å²) in [7, 11) is 1.68. The molecule has 0 aromatic carbocycles. The van der Waals surface area contributed by atoms with Gasteiger partial charge in [-0.2, -0.15) is 4.98 Å². The Morgan fingerprint density at radius 3 is 2.53 bits per heavy atom. The smallest absolute Gasteiger partial charge is 0.244 e. The second-order valence-corrected chi connectivity index (χ2v) is 5.83. The van der Waals surface area contributed by atoms with Gasteiger partial charge in [-0.15, -0.1) is 0 Å². The zero-order chi connectivity index (χ0) is 12.6. The number of hydrogen-bond acceptors (Lipinski definition) is 5. The Morgan fingerprint density at radius 1 is 1.41 bits per heavy atom. The Balaban J connectivity index is 2.14. The number of ether oxygens (including phenoxy) is 1. The summed E-state index contributed by atoms with van der Waals surface area (Å²) in [5.41, 5.74) is 5.99. The third-order valence-corrected chi connectivity index (χ3v) is 3.22. The lowest BCUT2D eigenvalue weighted by atomic mass is 9.87. The van der Waals surface area contributed by atoms with Gasteiger partial charge in [0.1, 0.15) is 6.10 Å². The van der Waals surface area contributed by atoms with Gasteiger partial charge in [-0.05, 0) is 24.2 Å². The predicted molar refractivity (Wildman–Crippen MR) is 63.2 cm³/mol. The van der Waals surface area contributed by atoms with E-state index in [9.17, 15) is 0 Å². The lowest BCUT2D eigenvalue weighted by molar-refractivity contribution is 0.0751. The number of rotatable bonds is 4. The maximum Gasteiger partial charge on any atom is 0.244 e. The van der Waals surface area contributed by atoms with Crippen molar-refractivity contribution in [2.24, 2.45) is 17.1 Å². The molecule has 1 unspecified atom stereocenters. The minimum atomic E-state index is -0.250. The van der Waals surface area contributed by atoms with Crippen LogP contribution in [0.15, 0.2) is 4.52 Å². The van der Waals surface area contributed by atoms with E-state index in [1.54, 1.807) is 7.11 Å². The van der Waals surface area contributed by atoms with Crippen molar-refractivity contribution in [1.82, 2.24) is 10.1 Å². The Bertz CT molecular complexity index is 363. The van der Waals surface area contributed by atoms with E-state index in [0.29, 0.717) is 17.6 Å². The van der Waals surface area contributed by atoms with Crippen molar-refractivity contribution in [3.63, 3.8) is 0 Å². The fourth-order valence-electron chi connectivity index (χ4n) is 1.77. The van der Waals surface area contributed by atoms with Crippen LogP contribution in [-0.4, -0.2) is 17.3 Å². The first kappa shape index (κ1) is 12.5. The van der Waals surface area contributed by atoms with Gasteiger partial charge in [0.25, 0.3) is 0 Å². The molecule has 0 bridgehead atoms. The number of aromatic nitrogens is 2. The number of methoxy groups -OCH3 is 1. The maximum absolute atomic E-state index is 6.08. The summed E-state index contributed by atoms with van der Waals surface area (Å²) in [4.78, 5) is 4.38. The van der Waals surface area contributed by atoms with Crippen molar-refractivity contribution < 1.29 is 9.26 Å². The molecule has 5 nitrogen and oxygen atoms in total. The molecule has 0 saturated heterocycles. The monoisotopic (exact) mass is 239 g/mol. The number of nitrogens with two attached hydrogens (primary N) is 1. The lowest BCUT2D eigenvalue weighted by Crippen LogP contribution is -2.26. The molecule has 1 aliphatic carbocycles. The summed E-state index contributed by atoms with van der Waals surface area (Å²) in [5.74, 6) is 1.66. The Morgan fingerprint density at radius 2 is 2.06 bits per heavy atom. The van der Waals surface area contributed by atoms with Crippen LogP contribution in [0.3, 0.4) is 0 Å². The molecule has 5 heteroatoms. The molecule has 1 aliphatic rings. The lowest BCUT2D eigenvalue weighted by Gasteiger charge is -2.23. The third kappa shape index (κ3) is 2.66. The summed E-state index contributed by atoms with van der Waals surface area (Å²) < 4.78 is 10.7. The van der Waals surface area contributed by atoms with Gasteiger partial charge < -0.3 is 15.0 Å². The van der Waals surface area contributed by atoms with Gasteiger partial charge in [-0.1, -0.05) is 25.9 Å². The molecule has 96 valence electrons. The summed E-state index contributed by atoms with van der Waals surface area (Å²) in [6.45, 7) is 6.16. The average molecular weight is 239 g/mol. The Hall–Kier alpha value is -0.940. The zero-order valence-corrected chi connectivity index (χ0v) is 10.9. The fourth-order valence-corrected chi connectivity index (χ4v) is 1.77. The van der Waals surface area contributed by atoms with Gasteiger partial charge in [-0.25, -0.2) is 0 Å². The van der Waals surface area contributed by atoms with E-state index >= 15 is 0 Å². The molecule has 1 aromatic rings. The van der Waals surface area contributed by atoms with Crippen molar-refractivity contribution in [2.45, 2.75) is 45.8 Å². The maximum atomic E-state index is 6.08. The first-order valence-corrected chi connectivity index (χ1v) is 6.05. The zero-order valence-electron chi connectivity index (χ0n) is 10.9. The molecule has 1 saturated carbocycles. The first-order chi connectivity index (χ1) is 7.93. The van der Waals surface area contributed by atoms with Gasteiger partial charge in [0.2, 0.25) is 11.7 Å². The van der Waals surface area contributed by atoms with Gasteiger partial charge >= 0.3 is 0 Å². The second-order valence-electron chi connectivity index (χ2n) is 5.83.